The second-order valence-corrected chi connectivity index (χ2v) is 7.07. The van der Waals surface area contributed by atoms with E-state index in [0.29, 0.717) is 6.54 Å². The summed E-state index contributed by atoms with van der Waals surface area (Å²) in [4.78, 5) is 9.44. The van der Waals surface area contributed by atoms with Gasteiger partial charge in [0.25, 0.3) is 0 Å². The van der Waals surface area contributed by atoms with E-state index in [1.54, 1.807) is 0 Å². The van der Waals surface area contributed by atoms with Crippen LogP contribution >= 0.6 is 0 Å². The third-order valence-corrected chi connectivity index (χ3v) is 5.37. The summed E-state index contributed by atoms with van der Waals surface area (Å²) in [7, 11) is 1.82. The lowest BCUT2D eigenvalue weighted by atomic mass is 10.1. The minimum Gasteiger partial charge on any atom is -0.361 e. The summed E-state index contributed by atoms with van der Waals surface area (Å²) in [5.41, 5.74) is 2.21. The van der Waals surface area contributed by atoms with E-state index in [-0.39, 0.29) is 0 Å². The Morgan fingerprint density at radius 2 is 1.78 bits per heavy atom. The van der Waals surface area contributed by atoms with E-state index >= 15 is 0 Å². The summed E-state index contributed by atoms with van der Waals surface area (Å²) in [5, 5.41) is 11.0. The van der Waals surface area contributed by atoms with E-state index in [4.69, 9.17) is 4.52 Å². The Hall–Kier alpha value is -1.60. The van der Waals surface area contributed by atoms with Crippen LogP contribution in [0.25, 0.3) is 0 Å². The molecule has 0 unspecified atom stereocenters. The third-order valence-electron chi connectivity index (χ3n) is 5.37. The van der Waals surface area contributed by atoms with Crippen molar-refractivity contribution in [3.8, 4) is 0 Å². The number of hydrogen-bond donors (Lipinski definition) is 2. The maximum Gasteiger partial charge on any atom is 0.191 e. The van der Waals surface area contributed by atoms with Crippen LogP contribution in [0.4, 0.5) is 0 Å². The molecule has 0 saturated carbocycles. The van der Waals surface area contributed by atoms with Crippen LogP contribution in [0.1, 0.15) is 50.6 Å². The SMILES string of the molecule is CCc1noc(CC)c1CNC(=NC)NCCCCN1CCN(CC)CC1. The van der Waals surface area contributed by atoms with Crippen molar-refractivity contribution in [2.24, 2.45) is 4.99 Å². The Balaban J connectivity index is 1.63. The summed E-state index contributed by atoms with van der Waals surface area (Å²) in [5.74, 6) is 1.81. The Bertz CT molecular complexity index is 541. The van der Waals surface area contributed by atoms with Crippen LogP contribution in [0.15, 0.2) is 9.52 Å². The molecule has 27 heavy (non-hydrogen) atoms. The zero-order chi connectivity index (χ0) is 19.5. The van der Waals surface area contributed by atoms with E-state index in [0.717, 1.165) is 43.2 Å². The lowest BCUT2D eigenvalue weighted by Crippen LogP contribution is -2.46. The quantitative estimate of drug-likeness (QED) is 0.368. The summed E-state index contributed by atoms with van der Waals surface area (Å²) in [6.07, 6.45) is 4.13. The van der Waals surface area contributed by atoms with Gasteiger partial charge in [-0.1, -0.05) is 25.9 Å². The minimum atomic E-state index is 0.706. The van der Waals surface area contributed by atoms with Gasteiger partial charge in [-0.2, -0.15) is 0 Å². The van der Waals surface area contributed by atoms with Crippen molar-refractivity contribution in [2.75, 3.05) is 52.9 Å². The molecule has 1 aliphatic heterocycles. The van der Waals surface area contributed by atoms with Crippen molar-refractivity contribution >= 4 is 5.96 Å². The predicted octanol–water partition coefficient (Wildman–Crippen LogP) is 1.88. The second-order valence-electron chi connectivity index (χ2n) is 7.07. The molecule has 0 spiro atoms. The molecular formula is C20H38N6O. The number of rotatable bonds is 10. The van der Waals surface area contributed by atoms with Crippen molar-refractivity contribution in [2.45, 2.75) is 53.0 Å². The molecule has 1 aliphatic rings. The van der Waals surface area contributed by atoms with Gasteiger partial charge in [0.2, 0.25) is 0 Å². The highest BCUT2D eigenvalue weighted by Gasteiger charge is 2.15. The fourth-order valence-electron chi connectivity index (χ4n) is 3.53. The lowest BCUT2D eigenvalue weighted by molar-refractivity contribution is 0.136. The zero-order valence-corrected chi connectivity index (χ0v) is 17.7. The van der Waals surface area contributed by atoms with Gasteiger partial charge in [-0.25, -0.2) is 0 Å². The van der Waals surface area contributed by atoms with Crippen LogP contribution in [0, 0.1) is 0 Å². The van der Waals surface area contributed by atoms with Crippen LogP contribution in [-0.2, 0) is 19.4 Å². The maximum atomic E-state index is 5.43. The molecular weight excluding hydrogens is 340 g/mol. The van der Waals surface area contributed by atoms with Crippen LogP contribution in [-0.4, -0.2) is 73.8 Å². The number of aromatic nitrogens is 1. The summed E-state index contributed by atoms with van der Waals surface area (Å²) < 4.78 is 5.43. The summed E-state index contributed by atoms with van der Waals surface area (Å²) >= 11 is 0. The standard InChI is InChI=1S/C20H38N6O/c1-5-18-17(19(6-2)27-24-18)16-23-20(21-4)22-10-8-9-11-26-14-12-25(7-3)13-15-26/h5-16H2,1-4H3,(H2,21,22,23). The monoisotopic (exact) mass is 378 g/mol. The van der Waals surface area contributed by atoms with E-state index < -0.39 is 0 Å². The Kier molecular flexibility index (Phi) is 9.62. The van der Waals surface area contributed by atoms with Gasteiger partial charge in [0, 0.05) is 58.3 Å². The van der Waals surface area contributed by atoms with Gasteiger partial charge in [-0.15, -0.1) is 0 Å². The fraction of sp³-hybridized carbons (Fsp3) is 0.800. The highest BCUT2D eigenvalue weighted by atomic mass is 16.5. The highest BCUT2D eigenvalue weighted by molar-refractivity contribution is 5.79. The topological polar surface area (TPSA) is 68.9 Å². The Morgan fingerprint density at radius 3 is 2.41 bits per heavy atom. The first kappa shape index (κ1) is 21.7. The number of piperazine rings is 1. The number of guanidine groups is 1. The molecule has 0 atom stereocenters. The maximum absolute atomic E-state index is 5.43. The number of nitrogens with one attached hydrogen (secondary N) is 2. The first-order valence-corrected chi connectivity index (χ1v) is 10.6. The smallest absolute Gasteiger partial charge is 0.191 e. The largest absolute Gasteiger partial charge is 0.361 e. The molecule has 2 heterocycles. The summed E-state index contributed by atoms with van der Waals surface area (Å²) in [6, 6.07) is 0. The van der Waals surface area contributed by atoms with E-state index in [1.165, 1.54) is 51.3 Å². The molecule has 2 N–H and O–H groups in total. The molecule has 0 aliphatic carbocycles. The first-order valence-electron chi connectivity index (χ1n) is 10.6. The van der Waals surface area contributed by atoms with Crippen LogP contribution in [0.5, 0.6) is 0 Å². The third kappa shape index (κ3) is 6.81. The number of hydrogen-bond acceptors (Lipinski definition) is 5. The van der Waals surface area contributed by atoms with Crippen LogP contribution in [0.2, 0.25) is 0 Å². The Labute approximate surface area is 164 Å². The van der Waals surface area contributed by atoms with Gasteiger partial charge >= 0.3 is 0 Å². The van der Waals surface area contributed by atoms with Crippen molar-refractivity contribution in [3.05, 3.63) is 17.0 Å². The molecule has 1 saturated heterocycles. The van der Waals surface area contributed by atoms with Crippen LogP contribution in [0.3, 0.4) is 0 Å². The first-order chi connectivity index (χ1) is 13.2. The number of nitrogens with zero attached hydrogens (tertiary/aromatic N) is 4. The predicted molar refractivity (Wildman–Crippen MR) is 111 cm³/mol. The lowest BCUT2D eigenvalue weighted by Gasteiger charge is -2.34. The molecule has 2 rings (SSSR count). The van der Waals surface area contributed by atoms with Gasteiger partial charge in [-0.05, 0) is 32.4 Å². The van der Waals surface area contributed by atoms with E-state index in [2.05, 4.69) is 51.4 Å². The highest BCUT2D eigenvalue weighted by Crippen LogP contribution is 2.15. The summed E-state index contributed by atoms with van der Waals surface area (Å²) in [6.45, 7) is 15.3. The van der Waals surface area contributed by atoms with Gasteiger partial charge in [0.1, 0.15) is 5.76 Å². The average Bonchev–Trinajstić information content (AvgIpc) is 3.12. The molecule has 7 nitrogen and oxygen atoms in total. The van der Waals surface area contributed by atoms with Crippen molar-refractivity contribution in [1.82, 2.24) is 25.6 Å². The van der Waals surface area contributed by atoms with Crippen LogP contribution < -0.4 is 10.6 Å². The normalized spacial score (nSPS) is 16.7. The van der Waals surface area contributed by atoms with E-state index in [1.807, 2.05) is 7.05 Å². The number of aryl methyl sites for hydroxylation is 2. The van der Waals surface area contributed by atoms with E-state index in [9.17, 15) is 0 Å². The number of likely N-dealkylation sites (N-methyl/N-ethyl adjacent to an activating group) is 1. The fourth-order valence-corrected chi connectivity index (χ4v) is 3.53. The zero-order valence-electron chi connectivity index (χ0n) is 17.7. The minimum absolute atomic E-state index is 0.706. The second kappa shape index (κ2) is 12.0. The van der Waals surface area contributed by atoms with Gasteiger partial charge in [0.15, 0.2) is 5.96 Å². The van der Waals surface area contributed by atoms with Gasteiger partial charge in [0.05, 0.1) is 5.69 Å². The molecule has 0 aromatic carbocycles. The molecule has 154 valence electrons. The molecule has 1 aromatic heterocycles. The Morgan fingerprint density at radius 1 is 1.04 bits per heavy atom. The van der Waals surface area contributed by atoms with Gasteiger partial charge in [-0.3, -0.25) is 4.99 Å². The average molecular weight is 379 g/mol. The molecule has 1 aromatic rings. The van der Waals surface area contributed by atoms with Crippen molar-refractivity contribution in [1.29, 1.82) is 0 Å². The molecule has 1 fully saturated rings. The van der Waals surface area contributed by atoms with Crippen molar-refractivity contribution in [3.63, 3.8) is 0 Å². The molecule has 0 radical (unpaired) electrons. The van der Waals surface area contributed by atoms with Crippen molar-refractivity contribution < 1.29 is 4.52 Å². The number of aliphatic imine (C=N–C) groups is 1. The van der Waals surface area contributed by atoms with Gasteiger partial charge < -0.3 is 25.0 Å². The molecule has 0 bridgehead atoms. The number of unbranched alkanes of at least 4 members (excludes halogenated alkanes) is 1. The molecule has 7 heteroatoms. The molecule has 0 amide bonds.